The molecule has 0 saturated heterocycles. The van der Waals surface area contributed by atoms with Gasteiger partial charge in [-0.3, -0.25) is 9.78 Å². The Morgan fingerprint density at radius 2 is 1.86 bits per heavy atom. The van der Waals surface area contributed by atoms with Crippen molar-refractivity contribution in [2.45, 2.75) is 19.9 Å². The van der Waals surface area contributed by atoms with E-state index in [1.54, 1.807) is 6.20 Å². The molecule has 0 aliphatic carbocycles. The molecule has 0 aliphatic heterocycles. The van der Waals surface area contributed by atoms with Gasteiger partial charge in [-0.15, -0.1) is 0 Å². The van der Waals surface area contributed by atoms with Crippen LogP contribution in [0.5, 0.6) is 0 Å². The van der Waals surface area contributed by atoms with Crippen LogP contribution in [-0.4, -0.2) is 17.4 Å². The van der Waals surface area contributed by atoms with Crippen LogP contribution < -0.4 is 11.1 Å². The number of benzene rings is 1. The summed E-state index contributed by atoms with van der Waals surface area (Å²) in [5.74, 6) is -0.317. The van der Waals surface area contributed by atoms with Crippen LogP contribution in [0.4, 0.5) is 0 Å². The van der Waals surface area contributed by atoms with Crippen molar-refractivity contribution in [3.63, 3.8) is 0 Å². The highest BCUT2D eigenvalue weighted by Crippen LogP contribution is 2.22. The van der Waals surface area contributed by atoms with Crippen LogP contribution in [0.1, 0.15) is 31.1 Å². The molecule has 4 nitrogen and oxygen atoms in total. The van der Waals surface area contributed by atoms with Crippen LogP contribution in [0.25, 0.3) is 0 Å². The van der Waals surface area contributed by atoms with Gasteiger partial charge in [0.1, 0.15) is 0 Å². The molecule has 1 aromatic carbocycles. The van der Waals surface area contributed by atoms with Gasteiger partial charge in [0.25, 0.3) is 0 Å². The number of carbonyl (C=O) groups excluding carboxylic acids is 1. The van der Waals surface area contributed by atoms with E-state index < -0.39 is 5.41 Å². The lowest BCUT2D eigenvalue weighted by atomic mass is 9.91. The number of hydrogen-bond acceptors (Lipinski definition) is 3. The lowest BCUT2D eigenvalue weighted by molar-refractivity contribution is -0.125. The predicted octanol–water partition coefficient (Wildman–Crippen LogP) is 2.27. The summed E-state index contributed by atoms with van der Waals surface area (Å²) < 4.78 is 0. The predicted molar refractivity (Wildman–Crippen MR) is 83.5 cm³/mol. The molecule has 3 N–H and O–H groups in total. The molecular formula is C17H21N3O. The third-order valence-corrected chi connectivity index (χ3v) is 3.53. The average Bonchev–Trinajstić information content (AvgIpc) is 2.49. The number of pyridine rings is 1. The molecule has 0 aliphatic rings. The summed E-state index contributed by atoms with van der Waals surface area (Å²) in [7, 11) is 0. The molecule has 1 aromatic heterocycles. The lowest BCUT2D eigenvalue weighted by Crippen LogP contribution is -2.41. The van der Waals surface area contributed by atoms with Gasteiger partial charge in [-0.1, -0.05) is 36.4 Å². The normalized spacial score (nSPS) is 12.9. The number of amides is 1. The number of rotatable bonds is 6. The van der Waals surface area contributed by atoms with Crippen molar-refractivity contribution in [2.24, 2.45) is 11.1 Å². The van der Waals surface area contributed by atoms with Crippen LogP contribution in [0, 0.1) is 5.41 Å². The first-order chi connectivity index (χ1) is 10.0. The van der Waals surface area contributed by atoms with Crippen molar-refractivity contribution in [3.8, 4) is 0 Å². The van der Waals surface area contributed by atoms with Crippen LogP contribution in [-0.2, 0) is 4.79 Å². The molecule has 110 valence electrons. The fourth-order valence-corrected chi connectivity index (χ4v) is 2.03. The standard InChI is InChI=1S/C17H21N3O/c1-17(2,16(18)21)12-20-15(13-8-4-3-5-9-13)14-10-6-7-11-19-14/h3-11,15,20H,12H2,1-2H3,(H2,18,21). The van der Waals surface area contributed by atoms with Gasteiger partial charge < -0.3 is 11.1 Å². The molecule has 1 amide bonds. The highest BCUT2D eigenvalue weighted by Gasteiger charge is 2.26. The van der Waals surface area contributed by atoms with Crippen LogP contribution in [0.2, 0.25) is 0 Å². The van der Waals surface area contributed by atoms with Crippen LogP contribution in [0.3, 0.4) is 0 Å². The first kappa shape index (κ1) is 15.2. The molecular weight excluding hydrogens is 262 g/mol. The van der Waals surface area contributed by atoms with Gasteiger partial charge in [0.2, 0.25) is 5.91 Å². The molecule has 2 aromatic rings. The Morgan fingerprint density at radius 3 is 2.43 bits per heavy atom. The number of nitrogens with zero attached hydrogens (tertiary/aromatic N) is 1. The number of hydrogen-bond donors (Lipinski definition) is 2. The third-order valence-electron chi connectivity index (χ3n) is 3.53. The van der Waals surface area contributed by atoms with Gasteiger partial charge >= 0.3 is 0 Å². The van der Waals surface area contributed by atoms with E-state index in [0.29, 0.717) is 6.54 Å². The van der Waals surface area contributed by atoms with E-state index in [0.717, 1.165) is 11.3 Å². The number of nitrogens with two attached hydrogens (primary N) is 1. The van der Waals surface area contributed by atoms with Crippen molar-refractivity contribution >= 4 is 5.91 Å². The molecule has 21 heavy (non-hydrogen) atoms. The minimum atomic E-state index is -0.609. The molecule has 0 fully saturated rings. The van der Waals surface area contributed by atoms with E-state index in [4.69, 9.17) is 5.73 Å². The van der Waals surface area contributed by atoms with E-state index >= 15 is 0 Å². The highest BCUT2D eigenvalue weighted by atomic mass is 16.1. The van der Waals surface area contributed by atoms with Crippen molar-refractivity contribution in [1.29, 1.82) is 0 Å². The molecule has 1 atom stereocenters. The summed E-state index contributed by atoms with van der Waals surface area (Å²) in [5.41, 5.74) is 6.86. The highest BCUT2D eigenvalue weighted by molar-refractivity contribution is 5.80. The number of nitrogens with one attached hydrogen (secondary N) is 1. The van der Waals surface area contributed by atoms with Gasteiger partial charge in [0.05, 0.1) is 17.2 Å². The summed E-state index contributed by atoms with van der Waals surface area (Å²) in [6.07, 6.45) is 1.77. The van der Waals surface area contributed by atoms with E-state index in [9.17, 15) is 4.79 Å². The molecule has 0 bridgehead atoms. The lowest BCUT2D eigenvalue weighted by Gasteiger charge is -2.26. The van der Waals surface area contributed by atoms with E-state index in [1.807, 2.05) is 62.4 Å². The van der Waals surface area contributed by atoms with E-state index in [-0.39, 0.29) is 11.9 Å². The largest absolute Gasteiger partial charge is 0.369 e. The second-order valence-electron chi connectivity index (χ2n) is 5.73. The number of carbonyl (C=O) groups is 1. The van der Waals surface area contributed by atoms with Gasteiger partial charge in [0, 0.05) is 12.7 Å². The minimum absolute atomic E-state index is 0.0639. The van der Waals surface area contributed by atoms with Gasteiger partial charge in [-0.2, -0.15) is 0 Å². The minimum Gasteiger partial charge on any atom is -0.369 e. The van der Waals surface area contributed by atoms with Crippen molar-refractivity contribution in [3.05, 3.63) is 66.0 Å². The monoisotopic (exact) mass is 283 g/mol. The maximum Gasteiger partial charge on any atom is 0.224 e. The topological polar surface area (TPSA) is 68.0 Å². The Balaban J connectivity index is 2.24. The fraction of sp³-hybridized carbons (Fsp3) is 0.294. The summed E-state index contributed by atoms with van der Waals surface area (Å²) >= 11 is 0. The van der Waals surface area contributed by atoms with E-state index in [2.05, 4.69) is 10.3 Å². The van der Waals surface area contributed by atoms with Crippen LogP contribution in [0.15, 0.2) is 54.7 Å². The number of primary amides is 1. The average molecular weight is 283 g/mol. The Labute approximate surface area is 125 Å². The quantitative estimate of drug-likeness (QED) is 0.854. The number of aromatic nitrogens is 1. The molecule has 0 spiro atoms. The third kappa shape index (κ3) is 3.89. The Hall–Kier alpha value is -2.20. The summed E-state index contributed by atoms with van der Waals surface area (Å²) in [6, 6.07) is 15.8. The van der Waals surface area contributed by atoms with Crippen molar-refractivity contribution in [2.75, 3.05) is 6.54 Å². The second-order valence-corrected chi connectivity index (χ2v) is 5.73. The van der Waals surface area contributed by atoms with Gasteiger partial charge in [-0.05, 0) is 31.5 Å². The molecule has 4 heteroatoms. The molecule has 0 saturated carbocycles. The Bertz CT molecular complexity index is 542. The molecule has 0 radical (unpaired) electrons. The van der Waals surface area contributed by atoms with Gasteiger partial charge in [-0.25, -0.2) is 0 Å². The molecule has 2 rings (SSSR count). The van der Waals surface area contributed by atoms with E-state index in [1.165, 1.54) is 0 Å². The summed E-state index contributed by atoms with van der Waals surface area (Å²) in [4.78, 5) is 15.9. The van der Waals surface area contributed by atoms with Gasteiger partial charge in [0.15, 0.2) is 0 Å². The summed E-state index contributed by atoms with van der Waals surface area (Å²) in [6.45, 7) is 4.16. The van der Waals surface area contributed by atoms with Crippen LogP contribution >= 0.6 is 0 Å². The Morgan fingerprint density at radius 1 is 1.19 bits per heavy atom. The molecule has 1 heterocycles. The second kappa shape index (κ2) is 6.50. The summed E-state index contributed by atoms with van der Waals surface area (Å²) in [5, 5.41) is 3.41. The molecule has 1 unspecified atom stereocenters. The smallest absolute Gasteiger partial charge is 0.224 e. The van der Waals surface area contributed by atoms with Crippen molar-refractivity contribution < 1.29 is 4.79 Å². The van der Waals surface area contributed by atoms with Crippen molar-refractivity contribution in [1.82, 2.24) is 10.3 Å². The zero-order valence-electron chi connectivity index (χ0n) is 12.4. The first-order valence-corrected chi connectivity index (χ1v) is 7.00. The fourth-order valence-electron chi connectivity index (χ4n) is 2.03. The Kier molecular flexibility index (Phi) is 4.70. The first-order valence-electron chi connectivity index (χ1n) is 7.00. The SMILES string of the molecule is CC(C)(CNC(c1ccccc1)c1ccccn1)C(N)=O. The zero-order valence-corrected chi connectivity index (χ0v) is 12.4. The zero-order chi connectivity index (χ0) is 15.3. The maximum absolute atomic E-state index is 11.5. The maximum atomic E-state index is 11.5.